The van der Waals surface area contributed by atoms with Crippen LogP contribution in [-0.2, 0) is 22.6 Å². The lowest BCUT2D eigenvalue weighted by atomic mass is 9.95. The lowest BCUT2D eigenvalue weighted by Crippen LogP contribution is -2.33. The smallest absolute Gasteiger partial charge is 0.397 e. The third-order valence-electron chi connectivity index (χ3n) is 4.40. The molecule has 0 bridgehead atoms. The quantitative estimate of drug-likeness (QED) is 0.344. The van der Waals surface area contributed by atoms with E-state index in [0.29, 0.717) is 18.6 Å². The molecule has 0 aliphatic rings. The van der Waals surface area contributed by atoms with Crippen LogP contribution >= 0.6 is 0 Å². The minimum Gasteiger partial charge on any atom is -0.397 e. The Morgan fingerprint density at radius 2 is 1.66 bits per heavy atom. The van der Waals surface area contributed by atoms with Crippen LogP contribution in [0.3, 0.4) is 0 Å². The highest BCUT2D eigenvalue weighted by Crippen LogP contribution is 2.38. The predicted molar refractivity (Wildman–Crippen MR) is 106 cm³/mol. The van der Waals surface area contributed by atoms with Gasteiger partial charge in [0.25, 0.3) is 0 Å². The number of nitrogens with one attached hydrogen (secondary N) is 1. The van der Waals surface area contributed by atoms with Crippen molar-refractivity contribution >= 4 is 27.4 Å². The van der Waals surface area contributed by atoms with E-state index in [4.69, 9.17) is 5.73 Å². The lowest BCUT2D eigenvalue weighted by Gasteiger charge is -2.19. The van der Waals surface area contributed by atoms with Crippen molar-refractivity contribution in [1.82, 2.24) is 4.31 Å². The van der Waals surface area contributed by atoms with Crippen molar-refractivity contribution in [3.63, 3.8) is 0 Å². The summed E-state index contributed by atoms with van der Waals surface area (Å²) in [6.07, 6.45) is -9.79. The first-order chi connectivity index (χ1) is 14.6. The Hall–Kier alpha value is -2.80. The zero-order valence-corrected chi connectivity index (χ0v) is 17.6. The van der Waals surface area contributed by atoms with Gasteiger partial charge in [-0.05, 0) is 42.8 Å². The predicted octanol–water partition coefficient (Wildman–Crippen LogP) is 4.54. The van der Waals surface area contributed by atoms with Gasteiger partial charge in [-0.25, -0.2) is 0 Å². The summed E-state index contributed by atoms with van der Waals surface area (Å²) in [5, 5.41) is 0. The molecule has 0 spiro atoms. The SMILES string of the molecule is CCCN(C)S(=O)(=O)Nc1cc(C(=O)c2ccc(C(F)(F)F)cc2C(F)(F)F)ccc1N. The van der Waals surface area contributed by atoms with E-state index in [0.717, 1.165) is 22.5 Å². The number of carbonyl (C=O) groups is 1. The monoisotopic (exact) mass is 483 g/mol. The fourth-order valence-electron chi connectivity index (χ4n) is 2.75. The molecular formula is C19H19F6N3O3S. The van der Waals surface area contributed by atoms with Gasteiger partial charge in [-0.3, -0.25) is 9.52 Å². The van der Waals surface area contributed by atoms with Crippen molar-refractivity contribution in [3.05, 3.63) is 58.7 Å². The summed E-state index contributed by atoms with van der Waals surface area (Å²) in [7, 11) is -2.78. The van der Waals surface area contributed by atoms with Gasteiger partial charge in [-0.2, -0.15) is 39.1 Å². The maximum atomic E-state index is 13.4. The first-order valence-corrected chi connectivity index (χ1v) is 10.5. The third kappa shape index (κ3) is 5.71. The van der Waals surface area contributed by atoms with Crippen LogP contribution < -0.4 is 10.5 Å². The molecular weight excluding hydrogens is 464 g/mol. The Bertz CT molecular complexity index is 1110. The van der Waals surface area contributed by atoms with Crippen LogP contribution in [0.4, 0.5) is 37.7 Å². The molecule has 32 heavy (non-hydrogen) atoms. The van der Waals surface area contributed by atoms with Gasteiger partial charge >= 0.3 is 22.6 Å². The van der Waals surface area contributed by atoms with Gasteiger partial charge in [0, 0.05) is 24.7 Å². The van der Waals surface area contributed by atoms with Crippen molar-refractivity contribution in [2.45, 2.75) is 25.7 Å². The molecule has 0 heterocycles. The van der Waals surface area contributed by atoms with Crippen LogP contribution in [0.2, 0.25) is 0 Å². The number of nitrogen functional groups attached to an aromatic ring is 1. The van der Waals surface area contributed by atoms with Crippen molar-refractivity contribution in [2.24, 2.45) is 0 Å². The summed E-state index contributed by atoms with van der Waals surface area (Å²) in [5.74, 6) is -1.26. The Labute approximate surface area is 180 Å². The molecule has 0 saturated carbocycles. The summed E-state index contributed by atoms with van der Waals surface area (Å²) < 4.78 is 106. The molecule has 0 atom stereocenters. The van der Waals surface area contributed by atoms with Crippen LogP contribution in [0.25, 0.3) is 0 Å². The first-order valence-electron chi connectivity index (χ1n) is 9.04. The first kappa shape index (κ1) is 25.5. The molecule has 13 heteroatoms. The van der Waals surface area contributed by atoms with Crippen LogP contribution in [0.15, 0.2) is 36.4 Å². The Morgan fingerprint density at radius 1 is 1.03 bits per heavy atom. The van der Waals surface area contributed by atoms with Gasteiger partial charge in [0.2, 0.25) is 0 Å². The van der Waals surface area contributed by atoms with E-state index < -0.39 is 50.6 Å². The Morgan fingerprint density at radius 3 is 2.19 bits per heavy atom. The van der Waals surface area contributed by atoms with Gasteiger partial charge in [0.1, 0.15) is 0 Å². The number of ketones is 1. The van der Waals surface area contributed by atoms with E-state index in [9.17, 15) is 39.6 Å². The fourth-order valence-corrected chi connectivity index (χ4v) is 3.78. The average molecular weight is 483 g/mol. The highest BCUT2D eigenvalue weighted by Gasteiger charge is 2.39. The number of halogens is 6. The molecule has 2 aromatic carbocycles. The molecule has 0 aliphatic carbocycles. The van der Waals surface area contributed by atoms with E-state index in [2.05, 4.69) is 4.72 Å². The van der Waals surface area contributed by atoms with Crippen LogP contribution in [0.1, 0.15) is 40.4 Å². The van der Waals surface area contributed by atoms with Gasteiger partial charge < -0.3 is 5.73 Å². The number of nitrogens with zero attached hydrogens (tertiary/aromatic N) is 1. The van der Waals surface area contributed by atoms with Gasteiger partial charge in [0.15, 0.2) is 5.78 Å². The molecule has 0 fully saturated rings. The molecule has 0 saturated heterocycles. The second kappa shape index (κ2) is 8.98. The maximum absolute atomic E-state index is 13.4. The van der Waals surface area contributed by atoms with E-state index in [-0.39, 0.29) is 24.0 Å². The van der Waals surface area contributed by atoms with Gasteiger partial charge in [0.05, 0.1) is 22.5 Å². The molecule has 2 aromatic rings. The maximum Gasteiger partial charge on any atom is 0.417 e. The van der Waals surface area contributed by atoms with Gasteiger partial charge in [-0.15, -0.1) is 0 Å². The molecule has 2 rings (SSSR count). The summed E-state index contributed by atoms with van der Waals surface area (Å²) >= 11 is 0. The zero-order valence-electron chi connectivity index (χ0n) is 16.8. The Balaban J connectivity index is 2.52. The lowest BCUT2D eigenvalue weighted by molar-refractivity contribution is -0.143. The highest BCUT2D eigenvalue weighted by molar-refractivity contribution is 7.90. The molecule has 176 valence electrons. The number of alkyl halides is 6. The number of carbonyl (C=O) groups excluding carboxylic acids is 1. The van der Waals surface area contributed by atoms with Crippen molar-refractivity contribution in [2.75, 3.05) is 24.0 Å². The van der Waals surface area contributed by atoms with Crippen LogP contribution in [-0.4, -0.2) is 32.1 Å². The van der Waals surface area contributed by atoms with Crippen molar-refractivity contribution in [3.8, 4) is 0 Å². The summed E-state index contributed by atoms with van der Waals surface area (Å²) in [6, 6.07) is 3.72. The van der Waals surface area contributed by atoms with E-state index in [1.54, 1.807) is 6.92 Å². The van der Waals surface area contributed by atoms with E-state index >= 15 is 0 Å². The van der Waals surface area contributed by atoms with E-state index in [1.807, 2.05) is 0 Å². The number of benzene rings is 2. The largest absolute Gasteiger partial charge is 0.417 e. The number of rotatable bonds is 7. The van der Waals surface area contributed by atoms with Crippen LogP contribution in [0.5, 0.6) is 0 Å². The number of hydrogen-bond acceptors (Lipinski definition) is 4. The van der Waals surface area contributed by atoms with Crippen LogP contribution in [0, 0.1) is 0 Å². The minimum atomic E-state index is -5.24. The standard InChI is InChI=1S/C19H19F6N3O3S/c1-3-8-28(2)32(30,31)27-16-9-11(4-7-15(16)26)17(29)13-6-5-12(18(20,21)22)10-14(13)19(23,24)25/h4-7,9-10,27H,3,8,26H2,1-2H3. The molecule has 0 radical (unpaired) electrons. The molecule has 0 unspecified atom stereocenters. The second-order valence-corrected chi connectivity index (χ2v) is 8.59. The van der Waals surface area contributed by atoms with Crippen molar-refractivity contribution in [1.29, 1.82) is 0 Å². The molecule has 0 aromatic heterocycles. The molecule has 0 aliphatic heterocycles. The normalized spacial score (nSPS) is 12.8. The highest BCUT2D eigenvalue weighted by atomic mass is 32.2. The molecule has 3 N–H and O–H groups in total. The zero-order chi connectivity index (χ0) is 24.5. The Kier molecular flexibility index (Phi) is 7.15. The number of hydrogen-bond donors (Lipinski definition) is 2. The molecule has 6 nitrogen and oxygen atoms in total. The van der Waals surface area contributed by atoms with Gasteiger partial charge in [-0.1, -0.05) is 6.92 Å². The summed E-state index contributed by atoms with van der Waals surface area (Å²) in [6.45, 7) is 1.90. The summed E-state index contributed by atoms with van der Waals surface area (Å²) in [4.78, 5) is 12.7. The second-order valence-electron chi connectivity index (χ2n) is 6.82. The fraction of sp³-hybridized carbons (Fsp3) is 0.316. The minimum absolute atomic E-state index is 0.113. The van der Waals surface area contributed by atoms with E-state index in [1.165, 1.54) is 7.05 Å². The number of nitrogens with two attached hydrogens (primary N) is 1. The topological polar surface area (TPSA) is 92.5 Å². The van der Waals surface area contributed by atoms with Crippen molar-refractivity contribution < 1.29 is 39.6 Å². The number of anilines is 2. The average Bonchev–Trinajstić information content (AvgIpc) is 2.67. The molecule has 0 amide bonds. The summed E-state index contributed by atoms with van der Waals surface area (Å²) in [5.41, 5.74) is 0.585. The third-order valence-corrected chi connectivity index (χ3v) is 5.88.